The van der Waals surface area contributed by atoms with E-state index in [4.69, 9.17) is 0 Å². The maximum atomic E-state index is 11.9. The number of aliphatic carboxylic acids is 1. The average Bonchev–Trinajstić information content (AvgIpc) is 3.37. The smallest absolute Gasteiger partial charge is 0.307 e. The maximum Gasteiger partial charge on any atom is 0.307 e. The number of pyridine rings is 1. The van der Waals surface area contributed by atoms with Crippen LogP contribution in [0, 0.1) is 5.92 Å². The summed E-state index contributed by atoms with van der Waals surface area (Å²) in [6.45, 7) is 5.81. The summed E-state index contributed by atoms with van der Waals surface area (Å²) in [5, 5.41) is 24.1. The van der Waals surface area contributed by atoms with Crippen LogP contribution in [0.5, 0.6) is 0 Å². The van der Waals surface area contributed by atoms with Crippen LogP contribution in [0.25, 0.3) is 0 Å². The van der Waals surface area contributed by atoms with Gasteiger partial charge in [-0.2, -0.15) is 5.21 Å². The van der Waals surface area contributed by atoms with Crippen LogP contribution in [0.4, 0.5) is 11.4 Å². The highest BCUT2D eigenvalue weighted by Crippen LogP contribution is 2.30. The SMILES string of the molecule is CCC[C@H](C(=O)O)[C@H](Cc1ccc(N2CCN(c3ccncc3)CC2)cc1)c1nn[nH]n1. The van der Waals surface area contributed by atoms with Gasteiger partial charge in [-0.1, -0.05) is 30.7 Å². The van der Waals surface area contributed by atoms with Gasteiger partial charge in [-0.3, -0.25) is 9.78 Å². The van der Waals surface area contributed by atoms with E-state index in [1.54, 1.807) is 0 Å². The predicted molar refractivity (Wildman–Crippen MR) is 122 cm³/mol. The minimum atomic E-state index is -0.815. The number of tetrazole rings is 1. The summed E-state index contributed by atoms with van der Waals surface area (Å²) in [4.78, 5) is 20.8. The van der Waals surface area contributed by atoms with Gasteiger partial charge in [0.25, 0.3) is 0 Å². The molecule has 2 aromatic heterocycles. The lowest BCUT2D eigenvalue weighted by Crippen LogP contribution is -2.46. The van der Waals surface area contributed by atoms with Gasteiger partial charge < -0.3 is 14.9 Å². The fourth-order valence-electron chi connectivity index (χ4n) is 4.42. The van der Waals surface area contributed by atoms with E-state index in [0.717, 1.165) is 38.2 Å². The quantitative estimate of drug-likeness (QED) is 0.528. The van der Waals surface area contributed by atoms with Crippen LogP contribution in [-0.4, -0.2) is 62.9 Å². The van der Waals surface area contributed by atoms with Crippen molar-refractivity contribution in [3.05, 3.63) is 60.2 Å². The Kier molecular flexibility index (Phi) is 6.94. The van der Waals surface area contributed by atoms with Crippen molar-refractivity contribution in [3.8, 4) is 0 Å². The summed E-state index contributed by atoms with van der Waals surface area (Å²) in [5.41, 5.74) is 3.46. The number of H-pyrrole nitrogens is 1. The van der Waals surface area contributed by atoms with Gasteiger partial charge in [-0.25, -0.2) is 0 Å². The van der Waals surface area contributed by atoms with E-state index in [9.17, 15) is 9.90 Å². The van der Waals surface area contributed by atoms with E-state index >= 15 is 0 Å². The fraction of sp³-hybridized carbons (Fsp3) is 0.435. The lowest BCUT2D eigenvalue weighted by atomic mass is 9.83. The molecule has 0 amide bonds. The first kappa shape index (κ1) is 21.7. The third kappa shape index (κ3) is 5.04. The number of carboxylic acid groups (broad SMARTS) is 1. The zero-order valence-corrected chi connectivity index (χ0v) is 18.3. The Labute approximate surface area is 187 Å². The number of carbonyl (C=O) groups is 1. The van der Waals surface area contributed by atoms with Crippen molar-refractivity contribution in [2.75, 3.05) is 36.0 Å². The summed E-state index contributed by atoms with van der Waals surface area (Å²) in [7, 11) is 0. The van der Waals surface area contributed by atoms with Gasteiger partial charge >= 0.3 is 5.97 Å². The molecule has 0 saturated carbocycles. The van der Waals surface area contributed by atoms with Crippen LogP contribution >= 0.6 is 0 Å². The van der Waals surface area contributed by atoms with E-state index in [1.165, 1.54) is 11.4 Å². The van der Waals surface area contributed by atoms with Gasteiger partial charge in [0.15, 0.2) is 5.82 Å². The maximum absolute atomic E-state index is 11.9. The zero-order valence-electron chi connectivity index (χ0n) is 18.3. The second-order valence-electron chi connectivity index (χ2n) is 8.16. The van der Waals surface area contributed by atoms with Gasteiger partial charge in [-0.15, -0.1) is 10.2 Å². The molecule has 32 heavy (non-hydrogen) atoms. The molecule has 1 saturated heterocycles. The van der Waals surface area contributed by atoms with Crippen LogP contribution < -0.4 is 9.80 Å². The van der Waals surface area contributed by atoms with E-state index in [2.05, 4.69) is 59.7 Å². The molecule has 9 nitrogen and oxygen atoms in total. The average molecular weight is 436 g/mol. The van der Waals surface area contributed by atoms with Crippen molar-refractivity contribution in [2.24, 2.45) is 5.92 Å². The number of hydrogen-bond donors (Lipinski definition) is 2. The van der Waals surface area contributed by atoms with Crippen molar-refractivity contribution in [3.63, 3.8) is 0 Å². The summed E-state index contributed by atoms with van der Waals surface area (Å²) in [6.07, 6.45) is 5.59. The summed E-state index contributed by atoms with van der Waals surface area (Å²) >= 11 is 0. The molecule has 0 unspecified atom stereocenters. The van der Waals surface area contributed by atoms with Crippen molar-refractivity contribution in [1.82, 2.24) is 25.6 Å². The first-order valence-corrected chi connectivity index (χ1v) is 11.1. The van der Waals surface area contributed by atoms with Gasteiger partial charge in [0.1, 0.15) is 0 Å². The second-order valence-corrected chi connectivity index (χ2v) is 8.16. The molecule has 1 aliphatic rings. The summed E-state index contributed by atoms with van der Waals surface area (Å²) < 4.78 is 0. The van der Waals surface area contributed by atoms with Crippen molar-refractivity contribution in [1.29, 1.82) is 0 Å². The first-order chi connectivity index (χ1) is 15.7. The fourth-order valence-corrected chi connectivity index (χ4v) is 4.42. The predicted octanol–water partition coefficient (Wildman–Crippen LogP) is 2.75. The number of benzene rings is 1. The highest BCUT2D eigenvalue weighted by Gasteiger charge is 2.32. The molecule has 0 aliphatic carbocycles. The minimum absolute atomic E-state index is 0.319. The summed E-state index contributed by atoms with van der Waals surface area (Å²) in [5.74, 6) is -1.22. The lowest BCUT2D eigenvalue weighted by molar-refractivity contribution is -0.142. The third-order valence-electron chi connectivity index (χ3n) is 6.16. The van der Waals surface area contributed by atoms with E-state index in [-0.39, 0.29) is 5.92 Å². The number of rotatable bonds is 9. The van der Waals surface area contributed by atoms with Crippen LogP contribution in [0.15, 0.2) is 48.8 Å². The van der Waals surface area contributed by atoms with E-state index in [1.807, 2.05) is 31.5 Å². The summed E-state index contributed by atoms with van der Waals surface area (Å²) in [6, 6.07) is 12.5. The van der Waals surface area contributed by atoms with Gasteiger partial charge in [0, 0.05) is 55.9 Å². The number of carboxylic acids is 1. The Hall–Kier alpha value is -3.49. The molecule has 1 fully saturated rings. The topological polar surface area (TPSA) is 111 Å². The Balaban J connectivity index is 1.42. The molecular formula is C23H29N7O2. The number of hydrogen-bond acceptors (Lipinski definition) is 7. The van der Waals surface area contributed by atoms with Gasteiger partial charge in [0.05, 0.1) is 5.92 Å². The molecule has 1 aliphatic heterocycles. The molecule has 0 bridgehead atoms. The number of anilines is 2. The molecular weight excluding hydrogens is 406 g/mol. The van der Waals surface area contributed by atoms with Crippen molar-refractivity contribution < 1.29 is 9.90 Å². The number of piperazine rings is 1. The van der Waals surface area contributed by atoms with Crippen molar-refractivity contribution >= 4 is 17.3 Å². The molecule has 168 valence electrons. The molecule has 0 radical (unpaired) electrons. The zero-order chi connectivity index (χ0) is 22.3. The van der Waals surface area contributed by atoms with Crippen LogP contribution in [0.2, 0.25) is 0 Å². The molecule has 3 heterocycles. The number of aromatic nitrogens is 5. The Morgan fingerprint density at radius 3 is 2.19 bits per heavy atom. The van der Waals surface area contributed by atoms with Crippen LogP contribution in [0.3, 0.4) is 0 Å². The Bertz CT molecular complexity index is 971. The Morgan fingerprint density at radius 2 is 1.66 bits per heavy atom. The molecule has 1 aromatic carbocycles. The second kappa shape index (κ2) is 10.2. The minimum Gasteiger partial charge on any atom is -0.481 e. The van der Waals surface area contributed by atoms with E-state index < -0.39 is 11.9 Å². The normalized spacial score (nSPS) is 16.0. The first-order valence-electron chi connectivity index (χ1n) is 11.1. The van der Waals surface area contributed by atoms with Crippen LogP contribution in [0.1, 0.15) is 37.1 Å². The van der Waals surface area contributed by atoms with Gasteiger partial charge in [0.2, 0.25) is 0 Å². The molecule has 4 rings (SSSR count). The van der Waals surface area contributed by atoms with Crippen molar-refractivity contribution in [2.45, 2.75) is 32.1 Å². The number of nitrogens with one attached hydrogen (secondary N) is 1. The van der Waals surface area contributed by atoms with E-state index in [0.29, 0.717) is 18.7 Å². The highest BCUT2D eigenvalue weighted by molar-refractivity contribution is 5.71. The van der Waals surface area contributed by atoms with Crippen LogP contribution in [-0.2, 0) is 11.2 Å². The largest absolute Gasteiger partial charge is 0.481 e. The molecule has 9 heteroatoms. The highest BCUT2D eigenvalue weighted by atomic mass is 16.4. The lowest BCUT2D eigenvalue weighted by Gasteiger charge is -2.37. The Morgan fingerprint density at radius 1 is 1.03 bits per heavy atom. The molecule has 0 spiro atoms. The monoisotopic (exact) mass is 435 g/mol. The molecule has 2 atom stereocenters. The molecule has 3 aromatic rings. The third-order valence-corrected chi connectivity index (χ3v) is 6.16. The van der Waals surface area contributed by atoms with Gasteiger partial charge in [-0.05, 0) is 42.7 Å². The molecule has 2 N–H and O–H groups in total. The standard InChI is InChI=1S/C23H29N7O2/c1-2-3-20(23(31)32)21(22-25-27-28-26-22)16-17-4-6-18(7-5-17)29-12-14-30(15-13-29)19-8-10-24-11-9-19/h4-11,20-21H,2-3,12-16H2,1H3,(H,31,32)(H,25,26,27,28)/t20-,21-/m0/s1. The number of aromatic amines is 1. The number of nitrogens with zero attached hydrogens (tertiary/aromatic N) is 6.